The summed E-state index contributed by atoms with van der Waals surface area (Å²) in [6.45, 7) is 7.75. The van der Waals surface area contributed by atoms with E-state index in [4.69, 9.17) is 0 Å². The van der Waals surface area contributed by atoms with Crippen LogP contribution in [0.2, 0.25) is 0 Å². The molecule has 1 N–H and O–H groups in total. The summed E-state index contributed by atoms with van der Waals surface area (Å²) < 4.78 is 0. The summed E-state index contributed by atoms with van der Waals surface area (Å²) in [6, 6.07) is 0. The van der Waals surface area contributed by atoms with Gasteiger partial charge in [-0.3, -0.25) is 4.79 Å². The van der Waals surface area contributed by atoms with Crippen molar-refractivity contribution in [2.45, 2.75) is 58.8 Å². The molecule has 128 valence electrons. The van der Waals surface area contributed by atoms with E-state index in [-0.39, 0.29) is 12.4 Å². The highest BCUT2D eigenvalue weighted by Gasteiger charge is 2.54. The van der Waals surface area contributed by atoms with Crippen LogP contribution in [0.1, 0.15) is 58.8 Å². The van der Waals surface area contributed by atoms with Gasteiger partial charge in [-0.05, 0) is 68.7 Å². The Bertz CT molecular complexity index is 393. The summed E-state index contributed by atoms with van der Waals surface area (Å²) in [4.78, 5) is 14.2. The quantitative estimate of drug-likeness (QED) is 0.845. The van der Waals surface area contributed by atoms with Gasteiger partial charge in [0.05, 0.1) is 5.41 Å². The van der Waals surface area contributed by atoms with Gasteiger partial charge in [-0.1, -0.05) is 20.3 Å². The number of nitrogens with zero attached hydrogens (tertiary/aromatic N) is 1. The zero-order valence-electron chi connectivity index (χ0n) is 14.1. The molecule has 3 fully saturated rings. The Kier molecular flexibility index (Phi) is 5.82. The van der Waals surface area contributed by atoms with Gasteiger partial charge in [0.25, 0.3) is 0 Å². The number of likely N-dealkylation sites (tertiary alicyclic amines) is 1. The summed E-state index contributed by atoms with van der Waals surface area (Å²) in [5.74, 6) is 2.50. The van der Waals surface area contributed by atoms with Crippen molar-refractivity contribution in [3.8, 4) is 0 Å². The molecule has 4 heteroatoms. The Balaban J connectivity index is 0.00000176. The molecule has 0 spiro atoms. The first-order valence-corrected chi connectivity index (χ1v) is 8.95. The van der Waals surface area contributed by atoms with Crippen LogP contribution in [-0.4, -0.2) is 35.6 Å². The Labute approximate surface area is 141 Å². The molecule has 4 atom stereocenters. The van der Waals surface area contributed by atoms with Gasteiger partial charge in [0.2, 0.25) is 0 Å². The maximum Gasteiger partial charge on any atom is 0.311 e. The molecular formula is C18H32ClNO2. The first kappa shape index (κ1) is 18.1. The lowest BCUT2D eigenvalue weighted by Gasteiger charge is -2.32. The van der Waals surface area contributed by atoms with Crippen LogP contribution in [0, 0.1) is 29.1 Å². The molecule has 2 unspecified atom stereocenters. The van der Waals surface area contributed by atoms with Crippen LogP contribution in [0.25, 0.3) is 0 Å². The van der Waals surface area contributed by atoms with Crippen LogP contribution >= 0.6 is 12.4 Å². The molecule has 3 rings (SSSR count). The van der Waals surface area contributed by atoms with E-state index in [9.17, 15) is 9.90 Å². The molecule has 1 heterocycles. The first-order valence-electron chi connectivity index (χ1n) is 8.95. The lowest BCUT2D eigenvalue weighted by Crippen LogP contribution is -2.36. The predicted molar refractivity (Wildman–Crippen MR) is 91.4 cm³/mol. The monoisotopic (exact) mass is 329 g/mol. The standard InChI is InChI=1S/C18H31NO2.ClH/c1-13-8-14(2)10-15(9-13)5-7-19-11-16-4-3-6-18(16,12-19)17(20)21;/h13-16H,3-12H2,1-2H3,(H,20,21);1H/t13?,14?,15?,16-,18+;/m0./s1. The minimum Gasteiger partial charge on any atom is -0.481 e. The molecule has 0 aromatic heterocycles. The number of hydrogen-bond donors (Lipinski definition) is 1. The molecule has 1 saturated heterocycles. The Morgan fingerprint density at radius 2 is 1.91 bits per heavy atom. The molecule has 22 heavy (non-hydrogen) atoms. The highest BCUT2D eigenvalue weighted by Crippen LogP contribution is 2.49. The third-order valence-electron chi connectivity index (χ3n) is 6.50. The number of carbonyl (C=O) groups is 1. The second kappa shape index (κ2) is 7.09. The van der Waals surface area contributed by atoms with Gasteiger partial charge >= 0.3 is 5.97 Å². The fraction of sp³-hybridized carbons (Fsp3) is 0.944. The molecule has 2 saturated carbocycles. The Hall–Kier alpha value is -0.280. The van der Waals surface area contributed by atoms with E-state index in [0.29, 0.717) is 5.92 Å². The minimum atomic E-state index is -0.535. The Morgan fingerprint density at radius 3 is 2.50 bits per heavy atom. The maximum absolute atomic E-state index is 11.7. The number of rotatable bonds is 4. The lowest BCUT2D eigenvalue weighted by molar-refractivity contribution is -0.149. The summed E-state index contributed by atoms with van der Waals surface area (Å²) in [6.07, 6.45) is 8.57. The second-order valence-electron chi connectivity index (χ2n) is 8.36. The molecule has 0 radical (unpaired) electrons. The van der Waals surface area contributed by atoms with Crippen LogP contribution in [0.3, 0.4) is 0 Å². The lowest BCUT2D eigenvalue weighted by atomic mass is 9.75. The normalized spacial score (nSPS) is 41.9. The van der Waals surface area contributed by atoms with Gasteiger partial charge in [-0.25, -0.2) is 0 Å². The maximum atomic E-state index is 11.7. The average molecular weight is 330 g/mol. The van der Waals surface area contributed by atoms with Crippen molar-refractivity contribution in [3.63, 3.8) is 0 Å². The van der Waals surface area contributed by atoms with Crippen molar-refractivity contribution in [2.24, 2.45) is 29.1 Å². The van der Waals surface area contributed by atoms with E-state index in [1.165, 1.54) is 25.7 Å². The molecule has 0 amide bonds. The van der Waals surface area contributed by atoms with Gasteiger partial charge in [0.1, 0.15) is 0 Å². The zero-order chi connectivity index (χ0) is 15.0. The van der Waals surface area contributed by atoms with E-state index < -0.39 is 11.4 Å². The molecule has 0 aromatic rings. The number of hydrogen-bond acceptors (Lipinski definition) is 2. The minimum absolute atomic E-state index is 0. The summed E-state index contributed by atoms with van der Waals surface area (Å²) in [7, 11) is 0. The predicted octanol–water partition coefficient (Wildman–Crippen LogP) is 4.06. The molecule has 3 nitrogen and oxygen atoms in total. The van der Waals surface area contributed by atoms with Crippen LogP contribution in [0.4, 0.5) is 0 Å². The van der Waals surface area contributed by atoms with Crippen molar-refractivity contribution < 1.29 is 9.90 Å². The van der Waals surface area contributed by atoms with Gasteiger partial charge in [-0.2, -0.15) is 0 Å². The number of halogens is 1. The van der Waals surface area contributed by atoms with Crippen LogP contribution < -0.4 is 0 Å². The van der Waals surface area contributed by atoms with Crippen LogP contribution in [-0.2, 0) is 4.79 Å². The molecule has 2 aliphatic carbocycles. The van der Waals surface area contributed by atoms with E-state index in [0.717, 1.165) is 56.7 Å². The largest absolute Gasteiger partial charge is 0.481 e. The van der Waals surface area contributed by atoms with Crippen molar-refractivity contribution in [2.75, 3.05) is 19.6 Å². The highest BCUT2D eigenvalue weighted by atomic mass is 35.5. The first-order chi connectivity index (χ1) is 9.99. The zero-order valence-corrected chi connectivity index (χ0v) is 14.9. The second-order valence-corrected chi connectivity index (χ2v) is 8.36. The van der Waals surface area contributed by atoms with Gasteiger partial charge in [0.15, 0.2) is 0 Å². The molecule has 0 bridgehead atoms. The van der Waals surface area contributed by atoms with E-state index in [2.05, 4.69) is 18.7 Å². The molecule has 1 aliphatic heterocycles. The summed E-state index contributed by atoms with van der Waals surface area (Å²) in [5, 5.41) is 9.65. The highest BCUT2D eigenvalue weighted by molar-refractivity contribution is 5.85. The Morgan fingerprint density at radius 1 is 1.23 bits per heavy atom. The number of fused-ring (bicyclic) bond motifs is 1. The number of carboxylic acid groups (broad SMARTS) is 1. The average Bonchev–Trinajstić information content (AvgIpc) is 2.92. The van der Waals surface area contributed by atoms with Gasteiger partial charge in [-0.15, -0.1) is 12.4 Å². The summed E-state index contributed by atoms with van der Waals surface area (Å²) in [5.41, 5.74) is -0.396. The van der Waals surface area contributed by atoms with Crippen molar-refractivity contribution in [3.05, 3.63) is 0 Å². The smallest absolute Gasteiger partial charge is 0.311 e. The molecule has 3 aliphatic rings. The third kappa shape index (κ3) is 3.46. The van der Waals surface area contributed by atoms with E-state index >= 15 is 0 Å². The van der Waals surface area contributed by atoms with Crippen LogP contribution in [0.15, 0.2) is 0 Å². The van der Waals surface area contributed by atoms with Gasteiger partial charge < -0.3 is 10.0 Å². The SMILES string of the molecule is CC1CC(C)CC(CCN2C[C@@H]3CCC[C@@]3(C(=O)O)C2)C1.Cl. The van der Waals surface area contributed by atoms with Crippen molar-refractivity contribution in [1.29, 1.82) is 0 Å². The summed E-state index contributed by atoms with van der Waals surface area (Å²) >= 11 is 0. The van der Waals surface area contributed by atoms with Crippen LogP contribution in [0.5, 0.6) is 0 Å². The molecule has 0 aromatic carbocycles. The fourth-order valence-corrected chi connectivity index (χ4v) is 5.63. The van der Waals surface area contributed by atoms with Crippen molar-refractivity contribution >= 4 is 18.4 Å². The van der Waals surface area contributed by atoms with Crippen molar-refractivity contribution in [1.82, 2.24) is 4.90 Å². The third-order valence-corrected chi connectivity index (χ3v) is 6.50. The molecular weight excluding hydrogens is 298 g/mol. The fourth-order valence-electron chi connectivity index (χ4n) is 5.63. The topological polar surface area (TPSA) is 40.5 Å². The van der Waals surface area contributed by atoms with E-state index in [1.54, 1.807) is 0 Å². The number of carboxylic acids is 1. The van der Waals surface area contributed by atoms with Gasteiger partial charge in [0, 0.05) is 13.1 Å². The number of aliphatic carboxylic acids is 1. The van der Waals surface area contributed by atoms with E-state index in [1.807, 2.05) is 0 Å².